The first-order chi connectivity index (χ1) is 10.7. The van der Waals surface area contributed by atoms with Crippen LogP contribution in [0.2, 0.25) is 0 Å². The molecule has 4 heteroatoms. The molecule has 0 saturated heterocycles. The molecule has 0 unspecified atom stereocenters. The largest absolute Gasteiger partial charge is 0.508 e. The van der Waals surface area contributed by atoms with Crippen molar-refractivity contribution in [2.24, 2.45) is 0 Å². The zero-order valence-electron chi connectivity index (χ0n) is 12.0. The van der Waals surface area contributed by atoms with Crippen LogP contribution in [0.3, 0.4) is 0 Å². The number of aromatic nitrogens is 2. The molecule has 4 nitrogen and oxygen atoms in total. The maximum absolute atomic E-state index is 9.30. The molecule has 1 heterocycles. The number of nitrogens with zero attached hydrogens (tertiary/aromatic N) is 2. The molecule has 1 aromatic heterocycles. The van der Waals surface area contributed by atoms with Gasteiger partial charge in [-0.15, -0.1) is 0 Å². The van der Waals surface area contributed by atoms with Gasteiger partial charge in [-0.05, 0) is 35.4 Å². The highest BCUT2D eigenvalue weighted by molar-refractivity contribution is 5.30. The van der Waals surface area contributed by atoms with Crippen LogP contribution in [0.1, 0.15) is 22.5 Å². The Hall–Kier alpha value is -2.88. The highest BCUT2D eigenvalue weighted by Crippen LogP contribution is 2.15. The topological polar surface area (TPSA) is 66.2 Å². The van der Waals surface area contributed by atoms with E-state index in [9.17, 15) is 10.2 Å². The first-order valence-electron chi connectivity index (χ1n) is 7.05. The van der Waals surface area contributed by atoms with Gasteiger partial charge in [0.15, 0.2) is 0 Å². The van der Waals surface area contributed by atoms with E-state index in [1.807, 2.05) is 24.3 Å². The van der Waals surface area contributed by atoms with Gasteiger partial charge in [0.1, 0.15) is 11.5 Å². The highest BCUT2D eigenvalue weighted by Gasteiger charge is 2.03. The van der Waals surface area contributed by atoms with Crippen LogP contribution in [0.15, 0.2) is 60.9 Å². The summed E-state index contributed by atoms with van der Waals surface area (Å²) in [6.45, 7) is 0. The molecule has 0 radical (unpaired) electrons. The lowest BCUT2D eigenvalue weighted by atomic mass is 10.1. The van der Waals surface area contributed by atoms with Crippen molar-refractivity contribution in [3.05, 3.63) is 83.4 Å². The normalized spacial score (nSPS) is 10.5. The van der Waals surface area contributed by atoms with Crippen molar-refractivity contribution in [2.75, 3.05) is 0 Å². The Bertz CT molecular complexity index is 690. The van der Waals surface area contributed by atoms with Crippen LogP contribution in [-0.4, -0.2) is 20.2 Å². The third-order valence-corrected chi connectivity index (χ3v) is 3.38. The zero-order chi connectivity index (χ0) is 15.4. The molecule has 110 valence electrons. The number of phenolic OH excluding ortho intramolecular Hbond substituents is 2. The predicted octanol–water partition coefficient (Wildman–Crippen LogP) is 3.07. The first kappa shape index (κ1) is 14.1. The van der Waals surface area contributed by atoms with E-state index in [0.29, 0.717) is 12.8 Å². The Morgan fingerprint density at radius 3 is 1.45 bits per heavy atom. The molecule has 0 aliphatic heterocycles. The number of aromatic hydroxyl groups is 2. The lowest BCUT2D eigenvalue weighted by molar-refractivity contribution is 0.474. The van der Waals surface area contributed by atoms with Crippen LogP contribution in [0.5, 0.6) is 11.5 Å². The fraction of sp³-hybridized carbons (Fsp3) is 0.111. The Labute approximate surface area is 128 Å². The van der Waals surface area contributed by atoms with E-state index in [1.165, 1.54) is 0 Å². The Morgan fingerprint density at radius 1 is 0.636 bits per heavy atom. The van der Waals surface area contributed by atoms with Gasteiger partial charge in [-0.25, -0.2) is 0 Å². The summed E-state index contributed by atoms with van der Waals surface area (Å²) in [6, 6.07) is 14.2. The van der Waals surface area contributed by atoms with Crippen LogP contribution in [0.4, 0.5) is 0 Å². The van der Waals surface area contributed by atoms with Crippen molar-refractivity contribution >= 4 is 0 Å². The third kappa shape index (κ3) is 3.61. The molecule has 2 N–H and O–H groups in total. The number of rotatable bonds is 4. The molecule has 3 rings (SSSR count). The average Bonchev–Trinajstić information content (AvgIpc) is 2.52. The van der Waals surface area contributed by atoms with E-state index >= 15 is 0 Å². The molecule has 3 aromatic rings. The van der Waals surface area contributed by atoms with Crippen molar-refractivity contribution in [2.45, 2.75) is 12.8 Å². The standard InChI is InChI=1S/C18H16N2O2/c21-17-5-1-13(2-6-17)9-15-11-19-12-16(20-15)10-14-3-7-18(22)8-4-14/h1-8,11-12,21-22H,9-10H2. The SMILES string of the molecule is Oc1ccc(Cc2cncc(Cc3ccc(O)cc3)n2)cc1. The maximum atomic E-state index is 9.30. The summed E-state index contributed by atoms with van der Waals surface area (Å²) in [4.78, 5) is 8.87. The highest BCUT2D eigenvalue weighted by atomic mass is 16.3. The molecule has 0 atom stereocenters. The Morgan fingerprint density at radius 2 is 1.05 bits per heavy atom. The Kier molecular flexibility index (Phi) is 4.01. The second-order valence-corrected chi connectivity index (χ2v) is 5.19. The van der Waals surface area contributed by atoms with E-state index < -0.39 is 0 Å². The minimum absolute atomic E-state index is 0.260. The van der Waals surface area contributed by atoms with Gasteiger partial charge in [-0.1, -0.05) is 24.3 Å². The van der Waals surface area contributed by atoms with Gasteiger partial charge in [0.05, 0.1) is 11.4 Å². The van der Waals surface area contributed by atoms with E-state index in [4.69, 9.17) is 0 Å². The van der Waals surface area contributed by atoms with Gasteiger partial charge in [-0.2, -0.15) is 0 Å². The summed E-state index contributed by atoms with van der Waals surface area (Å²) in [5, 5.41) is 18.6. The number of benzene rings is 2. The molecule has 0 aliphatic carbocycles. The molecule has 0 spiro atoms. The summed E-state index contributed by atoms with van der Waals surface area (Å²) in [5.74, 6) is 0.520. The zero-order valence-corrected chi connectivity index (χ0v) is 12.0. The van der Waals surface area contributed by atoms with Crippen molar-refractivity contribution in [3.8, 4) is 11.5 Å². The van der Waals surface area contributed by atoms with Gasteiger partial charge in [0.25, 0.3) is 0 Å². The third-order valence-electron chi connectivity index (χ3n) is 3.38. The predicted molar refractivity (Wildman–Crippen MR) is 83.9 cm³/mol. The Balaban J connectivity index is 1.74. The molecule has 0 saturated carbocycles. The van der Waals surface area contributed by atoms with Gasteiger partial charge in [0.2, 0.25) is 0 Å². The minimum atomic E-state index is 0.260. The number of hydrogen-bond donors (Lipinski definition) is 2. The molecule has 2 aromatic carbocycles. The van der Waals surface area contributed by atoms with E-state index in [0.717, 1.165) is 22.5 Å². The summed E-state index contributed by atoms with van der Waals surface area (Å²) in [6.07, 6.45) is 4.87. The number of phenols is 2. The van der Waals surface area contributed by atoms with Crippen LogP contribution >= 0.6 is 0 Å². The van der Waals surface area contributed by atoms with Crippen LogP contribution < -0.4 is 0 Å². The molecule has 0 amide bonds. The fourth-order valence-corrected chi connectivity index (χ4v) is 2.27. The second-order valence-electron chi connectivity index (χ2n) is 5.19. The molecule has 0 bridgehead atoms. The lowest BCUT2D eigenvalue weighted by Gasteiger charge is -2.05. The van der Waals surface area contributed by atoms with Crippen molar-refractivity contribution in [1.29, 1.82) is 0 Å². The van der Waals surface area contributed by atoms with Gasteiger partial charge in [0, 0.05) is 25.2 Å². The van der Waals surface area contributed by atoms with Crippen LogP contribution in [-0.2, 0) is 12.8 Å². The van der Waals surface area contributed by atoms with E-state index in [-0.39, 0.29) is 11.5 Å². The second kappa shape index (κ2) is 6.26. The van der Waals surface area contributed by atoms with E-state index in [2.05, 4.69) is 9.97 Å². The monoisotopic (exact) mass is 292 g/mol. The first-order valence-corrected chi connectivity index (χ1v) is 7.05. The smallest absolute Gasteiger partial charge is 0.115 e. The summed E-state index contributed by atoms with van der Waals surface area (Å²) < 4.78 is 0. The quantitative estimate of drug-likeness (QED) is 0.775. The van der Waals surface area contributed by atoms with Crippen LogP contribution in [0, 0.1) is 0 Å². The van der Waals surface area contributed by atoms with E-state index in [1.54, 1.807) is 36.7 Å². The summed E-state index contributed by atoms with van der Waals surface area (Å²) >= 11 is 0. The summed E-state index contributed by atoms with van der Waals surface area (Å²) in [7, 11) is 0. The average molecular weight is 292 g/mol. The summed E-state index contributed by atoms with van der Waals surface area (Å²) in [5.41, 5.74) is 3.94. The molecular weight excluding hydrogens is 276 g/mol. The van der Waals surface area contributed by atoms with Gasteiger partial charge in [-0.3, -0.25) is 9.97 Å². The van der Waals surface area contributed by atoms with Gasteiger partial charge >= 0.3 is 0 Å². The minimum Gasteiger partial charge on any atom is -0.508 e. The van der Waals surface area contributed by atoms with Crippen molar-refractivity contribution in [3.63, 3.8) is 0 Å². The van der Waals surface area contributed by atoms with Crippen LogP contribution in [0.25, 0.3) is 0 Å². The molecule has 22 heavy (non-hydrogen) atoms. The maximum Gasteiger partial charge on any atom is 0.115 e. The fourth-order valence-electron chi connectivity index (χ4n) is 2.27. The van der Waals surface area contributed by atoms with Gasteiger partial charge < -0.3 is 10.2 Å². The van der Waals surface area contributed by atoms with Crippen molar-refractivity contribution < 1.29 is 10.2 Å². The lowest BCUT2D eigenvalue weighted by Crippen LogP contribution is -1.99. The molecule has 0 fully saturated rings. The molecule has 0 aliphatic rings. The number of hydrogen-bond acceptors (Lipinski definition) is 4. The van der Waals surface area contributed by atoms with Crippen molar-refractivity contribution in [1.82, 2.24) is 9.97 Å². The molecular formula is C18H16N2O2.